The van der Waals surface area contributed by atoms with Crippen molar-refractivity contribution in [2.45, 2.75) is 0 Å². The molecule has 7 heteroatoms. The third kappa shape index (κ3) is 3.13. The number of carbonyl (C=O) groups excluding carboxylic acids is 1. The zero-order valence-electron chi connectivity index (χ0n) is 9.34. The maximum Gasteiger partial charge on any atom is 0.325 e. The van der Waals surface area contributed by atoms with Crippen LogP contribution in [0.2, 0.25) is 0 Å². The van der Waals surface area contributed by atoms with E-state index in [9.17, 15) is 19.3 Å². The number of benzene rings is 1. The summed E-state index contributed by atoms with van der Waals surface area (Å²) in [6.07, 6.45) is 0. The molecule has 0 unspecified atom stereocenters. The Labute approximate surface area is 96.7 Å². The van der Waals surface area contributed by atoms with Crippen molar-refractivity contribution in [3.05, 3.63) is 34.1 Å². The summed E-state index contributed by atoms with van der Waals surface area (Å²) < 4.78 is 17.9. The summed E-state index contributed by atoms with van der Waals surface area (Å²) in [5.74, 6) is -1.28. The third-order valence-corrected chi connectivity index (χ3v) is 2.15. The normalized spacial score (nSPS) is 9.82. The van der Waals surface area contributed by atoms with E-state index < -0.39 is 16.7 Å². The lowest BCUT2D eigenvalue weighted by Crippen LogP contribution is -2.27. The van der Waals surface area contributed by atoms with Crippen molar-refractivity contribution >= 4 is 17.3 Å². The second-order valence-electron chi connectivity index (χ2n) is 3.33. The maximum absolute atomic E-state index is 13.5. The van der Waals surface area contributed by atoms with Crippen LogP contribution in [0.5, 0.6) is 0 Å². The number of ether oxygens (including phenoxy) is 1. The van der Waals surface area contributed by atoms with E-state index in [1.54, 1.807) is 0 Å². The van der Waals surface area contributed by atoms with Gasteiger partial charge in [-0.15, -0.1) is 0 Å². The summed E-state index contributed by atoms with van der Waals surface area (Å²) in [5, 5.41) is 10.4. The zero-order chi connectivity index (χ0) is 13.0. The summed E-state index contributed by atoms with van der Waals surface area (Å²) in [6, 6.07) is 3.23. The number of hydrogen-bond donors (Lipinski definition) is 0. The van der Waals surface area contributed by atoms with Crippen LogP contribution in [0.4, 0.5) is 15.8 Å². The molecule has 0 saturated carbocycles. The number of carbonyl (C=O) groups is 1. The Kier molecular flexibility index (Phi) is 3.97. The lowest BCUT2D eigenvalue weighted by Gasteiger charge is -2.17. The van der Waals surface area contributed by atoms with E-state index >= 15 is 0 Å². The molecule has 0 heterocycles. The first-order valence-electron chi connectivity index (χ1n) is 4.67. The highest BCUT2D eigenvalue weighted by atomic mass is 19.1. The molecular formula is C10H11FN2O4. The molecule has 0 aliphatic rings. The van der Waals surface area contributed by atoms with Gasteiger partial charge in [0.15, 0.2) is 5.82 Å². The van der Waals surface area contributed by atoms with Gasteiger partial charge in [-0.2, -0.15) is 0 Å². The molecule has 17 heavy (non-hydrogen) atoms. The quantitative estimate of drug-likeness (QED) is 0.452. The molecular weight excluding hydrogens is 231 g/mol. The van der Waals surface area contributed by atoms with E-state index in [1.807, 2.05) is 0 Å². The number of non-ortho nitro benzene ring substituents is 1. The predicted octanol–water partition coefficient (Wildman–Crippen LogP) is 1.34. The van der Waals surface area contributed by atoms with E-state index in [2.05, 4.69) is 4.74 Å². The van der Waals surface area contributed by atoms with Crippen molar-refractivity contribution in [3.8, 4) is 0 Å². The predicted molar refractivity (Wildman–Crippen MR) is 58.3 cm³/mol. The number of nitro benzene ring substituents is 1. The molecule has 0 N–H and O–H groups in total. The van der Waals surface area contributed by atoms with E-state index in [-0.39, 0.29) is 17.9 Å². The number of rotatable bonds is 4. The zero-order valence-corrected chi connectivity index (χ0v) is 9.34. The van der Waals surface area contributed by atoms with E-state index in [1.165, 1.54) is 31.2 Å². The van der Waals surface area contributed by atoms with Crippen LogP contribution in [0.1, 0.15) is 0 Å². The van der Waals surface area contributed by atoms with Crippen LogP contribution < -0.4 is 4.90 Å². The molecule has 0 atom stereocenters. The van der Waals surface area contributed by atoms with Gasteiger partial charge in [0.25, 0.3) is 5.69 Å². The second kappa shape index (κ2) is 5.24. The van der Waals surface area contributed by atoms with Gasteiger partial charge < -0.3 is 9.64 Å². The SMILES string of the molecule is COC(=O)CN(C)c1ccc([N+](=O)[O-])cc1F. The van der Waals surface area contributed by atoms with Gasteiger partial charge in [0.2, 0.25) is 0 Å². The summed E-state index contributed by atoms with van der Waals surface area (Å²) in [5.41, 5.74) is -0.237. The molecule has 6 nitrogen and oxygen atoms in total. The minimum Gasteiger partial charge on any atom is -0.468 e. The smallest absolute Gasteiger partial charge is 0.325 e. The molecule has 0 radical (unpaired) electrons. The van der Waals surface area contributed by atoms with Gasteiger partial charge in [-0.05, 0) is 6.07 Å². The monoisotopic (exact) mass is 242 g/mol. The van der Waals surface area contributed by atoms with E-state index in [4.69, 9.17) is 0 Å². The summed E-state index contributed by atoms with van der Waals surface area (Å²) in [7, 11) is 2.71. The fraction of sp³-hybridized carbons (Fsp3) is 0.300. The highest BCUT2D eigenvalue weighted by Gasteiger charge is 2.15. The molecule has 1 aromatic carbocycles. The Hall–Kier alpha value is -2.18. The molecule has 92 valence electrons. The minimum absolute atomic E-state index is 0.0981. The van der Waals surface area contributed by atoms with Crippen LogP contribution in [-0.2, 0) is 9.53 Å². The maximum atomic E-state index is 13.5. The van der Waals surface area contributed by atoms with Crippen molar-refractivity contribution in [1.29, 1.82) is 0 Å². The van der Waals surface area contributed by atoms with E-state index in [0.29, 0.717) is 0 Å². The number of anilines is 1. The van der Waals surface area contributed by atoms with Gasteiger partial charge in [0.05, 0.1) is 23.8 Å². The molecule has 0 fully saturated rings. The molecule has 0 aliphatic carbocycles. The number of halogens is 1. The topological polar surface area (TPSA) is 72.7 Å². The number of esters is 1. The van der Waals surface area contributed by atoms with Gasteiger partial charge in [0, 0.05) is 13.1 Å². The Morgan fingerprint density at radius 3 is 2.71 bits per heavy atom. The average Bonchev–Trinajstić information content (AvgIpc) is 2.28. The fourth-order valence-electron chi connectivity index (χ4n) is 1.26. The van der Waals surface area contributed by atoms with Crippen LogP contribution in [0.3, 0.4) is 0 Å². The molecule has 0 spiro atoms. The first-order valence-corrected chi connectivity index (χ1v) is 4.67. The first kappa shape index (κ1) is 12.9. The summed E-state index contributed by atoms with van der Waals surface area (Å²) >= 11 is 0. The van der Waals surface area contributed by atoms with Crippen molar-refractivity contribution in [2.24, 2.45) is 0 Å². The van der Waals surface area contributed by atoms with Gasteiger partial charge in [-0.25, -0.2) is 4.39 Å². The Bertz CT molecular complexity index is 450. The fourth-order valence-corrected chi connectivity index (χ4v) is 1.26. The van der Waals surface area contributed by atoms with Crippen LogP contribution in [0, 0.1) is 15.9 Å². The number of nitro groups is 1. The van der Waals surface area contributed by atoms with Gasteiger partial charge in [-0.3, -0.25) is 14.9 Å². The van der Waals surface area contributed by atoms with Crippen molar-refractivity contribution in [3.63, 3.8) is 0 Å². The van der Waals surface area contributed by atoms with Gasteiger partial charge in [0.1, 0.15) is 6.54 Å². The van der Waals surface area contributed by atoms with Crippen molar-refractivity contribution in [1.82, 2.24) is 0 Å². The Morgan fingerprint density at radius 2 is 2.24 bits per heavy atom. The number of methoxy groups -OCH3 is 1. The van der Waals surface area contributed by atoms with Crippen LogP contribution in [0.25, 0.3) is 0 Å². The molecule has 0 aliphatic heterocycles. The van der Waals surface area contributed by atoms with Crippen molar-refractivity contribution in [2.75, 3.05) is 25.6 Å². The lowest BCUT2D eigenvalue weighted by molar-refractivity contribution is -0.385. The molecule has 0 aromatic heterocycles. The van der Waals surface area contributed by atoms with Gasteiger partial charge in [-0.1, -0.05) is 0 Å². The molecule has 0 amide bonds. The summed E-state index contributed by atoms with van der Waals surface area (Å²) in [6.45, 7) is -0.134. The largest absolute Gasteiger partial charge is 0.468 e. The highest BCUT2D eigenvalue weighted by Crippen LogP contribution is 2.22. The Morgan fingerprint density at radius 1 is 1.59 bits per heavy atom. The van der Waals surface area contributed by atoms with Crippen LogP contribution in [-0.4, -0.2) is 31.6 Å². The molecule has 0 bridgehead atoms. The van der Waals surface area contributed by atoms with Gasteiger partial charge >= 0.3 is 5.97 Å². The highest BCUT2D eigenvalue weighted by molar-refractivity contribution is 5.75. The van der Waals surface area contributed by atoms with Crippen molar-refractivity contribution < 1.29 is 18.8 Å². The second-order valence-corrected chi connectivity index (χ2v) is 3.33. The van der Waals surface area contributed by atoms with E-state index in [0.717, 1.165) is 6.07 Å². The summed E-state index contributed by atoms with van der Waals surface area (Å²) in [4.78, 5) is 22.0. The molecule has 1 aromatic rings. The standard InChI is InChI=1S/C10H11FN2O4/c1-12(6-10(14)17-2)9-4-3-7(13(15)16)5-8(9)11/h3-5H,6H2,1-2H3. The Balaban J connectivity index is 2.92. The number of hydrogen-bond acceptors (Lipinski definition) is 5. The van der Waals surface area contributed by atoms with Crippen LogP contribution >= 0.6 is 0 Å². The first-order chi connectivity index (χ1) is 7.95. The molecule has 1 rings (SSSR count). The number of nitrogens with zero attached hydrogens (tertiary/aromatic N) is 2. The minimum atomic E-state index is -0.759. The third-order valence-electron chi connectivity index (χ3n) is 2.15. The average molecular weight is 242 g/mol. The molecule has 0 saturated heterocycles. The van der Waals surface area contributed by atoms with Crippen LogP contribution in [0.15, 0.2) is 18.2 Å². The number of likely N-dealkylation sites (N-methyl/N-ethyl adjacent to an activating group) is 1. The lowest BCUT2D eigenvalue weighted by atomic mass is 10.2.